The maximum atomic E-state index is 12.7. The van der Waals surface area contributed by atoms with E-state index >= 15 is 0 Å². The predicted molar refractivity (Wildman–Crippen MR) is 87.0 cm³/mol. The summed E-state index contributed by atoms with van der Waals surface area (Å²) in [5.74, 6) is -0.338. The van der Waals surface area contributed by atoms with Gasteiger partial charge in [0.05, 0.1) is 0 Å². The minimum absolute atomic E-state index is 0.0636. The van der Waals surface area contributed by atoms with E-state index in [2.05, 4.69) is 26.6 Å². The van der Waals surface area contributed by atoms with Crippen LogP contribution in [-0.4, -0.2) is 12.5 Å². The van der Waals surface area contributed by atoms with Gasteiger partial charge in [-0.3, -0.25) is 4.79 Å². The van der Waals surface area contributed by atoms with Crippen LogP contribution in [0.25, 0.3) is 0 Å². The average molecular weight is 351 g/mol. The van der Waals surface area contributed by atoms with E-state index in [1.165, 1.54) is 12.1 Å². The molecule has 0 aromatic heterocycles. The summed E-state index contributed by atoms with van der Waals surface area (Å²) in [4.78, 5) is 11.8. The minimum atomic E-state index is -0.274. The Labute approximate surface area is 131 Å². The summed E-state index contributed by atoms with van der Waals surface area (Å²) in [6.07, 6.45) is 0.340. The molecule has 0 saturated heterocycles. The van der Waals surface area contributed by atoms with Crippen molar-refractivity contribution in [1.29, 1.82) is 0 Å². The topological polar surface area (TPSA) is 41.1 Å². The Bertz CT molecular complexity index is 629. The normalized spacial score (nSPS) is 10.2. The Balaban J connectivity index is 1.79. The van der Waals surface area contributed by atoms with Crippen molar-refractivity contribution in [3.63, 3.8) is 0 Å². The molecule has 3 nitrogen and oxygen atoms in total. The number of aryl methyl sites for hydroxylation is 1. The number of hydrogen-bond donors (Lipinski definition) is 2. The Morgan fingerprint density at radius 1 is 1.14 bits per heavy atom. The molecule has 2 aromatic rings. The van der Waals surface area contributed by atoms with Crippen LogP contribution >= 0.6 is 15.9 Å². The number of rotatable bonds is 5. The van der Waals surface area contributed by atoms with Crippen LogP contribution in [0.3, 0.4) is 0 Å². The first-order valence-corrected chi connectivity index (χ1v) is 7.39. The molecule has 0 heterocycles. The summed E-state index contributed by atoms with van der Waals surface area (Å²) < 4.78 is 13.8. The molecule has 0 saturated carbocycles. The second-order valence-corrected chi connectivity index (χ2v) is 5.55. The predicted octanol–water partition coefficient (Wildman–Crippen LogP) is 4.34. The standard InChI is InChI=1S/C16H16BrFN2O/c1-11-10-14(6-7-15(11)17)20-16(21)8-9-19-13-4-2-12(18)3-5-13/h2-7,10,19H,8-9H2,1H3,(H,20,21). The molecule has 2 aromatic carbocycles. The number of benzene rings is 2. The van der Waals surface area contributed by atoms with Crippen LogP contribution in [0.15, 0.2) is 46.9 Å². The SMILES string of the molecule is Cc1cc(NC(=O)CCNc2ccc(F)cc2)ccc1Br. The van der Waals surface area contributed by atoms with E-state index in [0.29, 0.717) is 13.0 Å². The zero-order chi connectivity index (χ0) is 15.2. The zero-order valence-corrected chi connectivity index (χ0v) is 13.2. The van der Waals surface area contributed by atoms with Crippen molar-refractivity contribution >= 4 is 33.2 Å². The fraction of sp³-hybridized carbons (Fsp3) is 0.188. The molecule has 2 N–H and O–H groups in total. The molecule has 0 aliphatic carbocycles. The van der Waals surface area contributed by atoms with Gasteiger partial charge in [-0.2, -0.15) is 0 Å². The number of carbonyl (C=O) groups is 1. The van der Waals surface area contributed by atoms with Gasteiger partial charge in [-0.1, -0.05) is 15.9 Å². The molecule has 1 amide bonds. The maximum Gasteiger partial charge on any atom is 0.226 e. The van der Waals surface area contributed by atoms with Gasteiger partial charge in [0, 0.05) is 28.8 Å². The zero-order valence-electron chi connectivity index (χ0n) is 11.6. The van der Waals surface area contributed by atoms with Crippen molar-refractivity contribution in [2.24, 2.45) is 0 Å². The summed E-state index contributed by atoms with van der Waals surface area (Å²) >= 11 is 3.42. The van der Waals surface area contributed by atoms with E-state index in [4.69, 9.17) is 0 Å². The van der Waals surface area contributed by atoms with Crippen molar-refractivity contribution in [2.45, 2.75) is 13.3 Å². The van der Waals surface area contributed by atoms with E-state index in [0.717, 1.165) is 21.4 Å². The van der Waals surface area contributed by atoms with Crippen molar-refractivity contribution in [3.05, 3.63) is 58.3 Å². The van der Waals surface area contributed by atoms with E-state index < -0.39 is 0 Å². The van der Waals surface area contributed by atoms with E-state index in [9.17, 15) is 9.18 Å². The van der Waals surface area contributed by atoms with Crippen molar-refractivity contribution in [3.8, 4) is 0 Å². The number of hydrogen-bond acceptors (Lipinski definition) is 2. The lowest BCUT2D eigenvalue weighted by atomic mass is 10.2. The Hall–Kier alpha value is -1.88. The Kier molecular flexibility index (Phi) is 5.33. The van der Waals surface area contributed by atoms with Gasteiger partial charge in [0.1, 0.15) is 5.82 Å². The van der Waals surface area contributed by atoms with Crippen molar-refractivity contribution < 1.29 is 9.18 Å². The first kappa shape index (κ1) is 15.5. The molecular formula is C16H16BrFN2O. The van der Waals surface area contributed by atoms with Crippen LogP contribution < -0.4 is 10.6 Å². The molecule has 0 fully saturated rings. The van der Waals surface area contributed by atoms with E-state index in [-0.39, 0.29) is 11.7 Å². The Morgan fingerprint density at radius 2 is 1.81 bits per heavy atom. The number of amides is 1. The highest BCUT2D eigenvalue weighted by atomic mass is 79.9. The quantitative estimate of drug-likeness (QED) is 0.842. The number of anilines is 2. The highest BCUT2D eigenvalue weighted by molar-refractivity contribution is 9.10. The lowest BCUT2D eigenvalue weighted by Gasteiger charge is -2.08. The summed E-state index contributed by atoms with van der Waals surface area (Å²) in [7, 11) is 0. The van der Waals surface area contributed by atoms with E-state index in [1.54, 1.807) is 12.1 Å². The van der Waals surface area contributed by atoms with Crippen molar-refractivity contribution in [1.82, 2.24) is 0 Å². The lowest BCUT2D eigenvalue weighted by Crippen LogP contribution is -2.16. The van der Waals surface area contributed by atoms with Crippen LogP contribution in [0.5, 0.6) is 0 Å². The maximum absolute atomic E-state index is 12.7. The molecule has 0 atom stereocenters. The molecular weight excluding hydrogens is 335 g/mol. The third-order valence-corrected chi connectivity index (χ3v) is 3.86. The smallest absolute Gasteiger partial charge is 0.226 e. The average Bonchev–Trinajstić information content (AvgIpc) is 2.45. The third kappa shape index (κ3) is 4.86. The van der Waals surface area contributed by atoms with Gasteiger partial charge in [0.25, 0.3) is 0 Å². The number of carbonyl (C=O) groups excluding carboxylic acids is 1. The van der Waals surface area contributed by atoms with Gasteiger partial charge in [0.2, 0.25) is 5.91 Å². The van der Waals surface area contributed by atoms with Crippen LogP contribution in [0.2, 0.25) is 0 Å². The molecule has 2 rings (SSSR count). The van der Waals surface area contributed by atoms with Gasteiger partial charge in [-0.15, -0.1) is 0 Å². The van der Waals surface area contributed by atoms with Crippen LogP contribution in [-0.2, 0) is 4.79 Å². The fourth-order valence-corrected chi connectivity index (χ4v) is 2.08. The van der Waals surface area contributed by atoms with Crippen LogP contribution in [0, 0.1) is 12.7 Å². The molecule has 0 aliphatic rings. The summed E-state index contributed by atoms with van der Waals surface area (Å²) in [5.41, 5.74) is 2.64. The highest BCUT2D eigenvalue weighted by Gasteiger charge is 2.03. The monoisotopic (exact) mass is 350 g/mol. The molecule has 0 bridgehead atoms. The van der Waals surface area contributed by atoms with Gasteiger partial charge >= 0.3 is 0 Å². The minimum Gasteiger partial charge on any atom is -0.385 e. The molecule has 0 unspecified atom stereocenters. The van der Waals surface area contributed by atoms with Crippen molar-refractivity contribution in [2.75, 3.05) is 17.2 Å². The molecule has 21 heavy (non-hydrogen) atoms. The highest BCUT2D eigenvalue weighted by Crippen LogP contribution is 2.20. The fourth-order valence-electron chi connectivity index (χ4n) is 1.83. The summed E-state index contributed by atoms with van der Waals surface area (Å²) in [5, 5.41) is 5.92. The molecule has 110 valence electrons. The molecule has 5 heteroatoms. The Morgan fingerprint density at radius 3 is 2.48 bits per heavy atom. The van der Waals surface area contributed by atoms with Gasteiger partial charge in [-0.25, -0.2) is 4.39 Å². The largest absolute Gasteiger partial charge is 0.385 e. The number of halogens is 2. The molecule has 0 spiro atoms. The summed E-state index contributed by atoms with van der Waals surface area (Å²) in [6, 6.07) is 11.7. The van der Waals surface area contributed by atoms with Crippen LogP contribution in [0.1, 0.15) is 12.0 Å². The molecule has 0 aliphatic heterocycles. The number of nitrogens with one attached hydrogen (secondary N) is 2. The van der Waals surface area contributed by atoms with Gasteiger partial charge < -0.3 is 10.6 Å². The van der Waals surface area contributed by atoms with Gasteiger partial charge in [-0.05, 0) is 55.0 Å². The van der Waals surface area contributed by atoms with Crippen LogP contribution in [0.4, 0.5) is 15.8 Å². The van der Waals surface area contributed by atoms with Gasteiger partial charge in [0.15, 0.2) is 0 Å². The second-order valence-electron chi connectivity index (χ2n) is 4.70. The lowest BCUT2D eigenvalue weighted by molar-refractivity contribution is -0.115. The first-order chi connectivity index (χ1) is 10.0. The summed E-state index contributed by atoms with van der Waals surface area (Å²) in [6.45, 7) is 2.46. The molecule has 0 radical (unpaired) electrons. The third-order valence-electron chi connectivity index (χ3n) is 2.97. The van der Waals surface area contributed by atoms with E-state index in [1.807, 2.05) is 25.1 Å². The first-order valence-electron chi connectivity index (χ1n) is 6.60. The second kappa shape index (κ2) is 7.22.